The van der Waals surface area contributed by atoms with Gasteiger partial charge < -0.3 is 10.2 Å². The molecule has 1 fully saturated rings. The summed E-state index contributed by atoms with van der Waals surface area (Å²) < 4.78 is 0. The molecule has 0 saturated heterocycles. The first-order valence-corrected chi connectivity index (χ1v) is 10.3. The first kappa shape index (κ1) is 20.1. The zero-order chi connectivity index (χ0) is 19.9. The predicted molar refractivity (Wildman–Crippen MR) is 113 cm³/mol. The molecule has 1 aliphatic rings. The molecule has 148 valence electrons. The summed E-state index contributed by atoms with van der Waals surface area (Å²) in [7, 11) is 0. The van der Waals surface area contributed by atoms with Gasteiger partial charge in [-0.2, -0.15) is 0 Å². The topological polar surface area (TPSA) is 49.4 Å². The van der Waals surface area contributed by atoms with E-state index in [9.17, 15) is 9.59 Å². The maximum absolute atomic E-state index is 13.0. The molecule has 0 aliphatic heterocycles. The predicted octanol–water partition coefficient (Wildman–Crippen LogP) is 4.72. The van der Waals surface area contributed by atoms with Crippen LogP contribution < -0.4 is 10.2 Å². The third kappa shape index (κ3) is 4.80. The molecule has 0 heterocycles. The van der Waals surface area contributed by atoms with Gasteiger partial charge in [-0.15, -0.1) is 0 Å². The Morgan fingerprint density at radius 3 is 2.04 bits per heavy atom. The Labute approximate surface area is 167 Å². The van der Waals surface area contributed by atoms with Gasteiger partial charge in [-0.05, 0) is 57.2 Å². The van der Waals surface area contributed by atoms with E-state index >= 15 is 0 Å². The fraction of sp³-hybridized carbons (Fsp3) is 0.417. The molecular formula is C24H30N2O2. The highest BCUT2D eigenvalue weighted by atomic mass is 16.2. The summed E-state index contributed by atoms with van der Waals surface area (Å²) in [6, 6.07) is 19.8. The van der Waals surface area contributed by atoms with Gasteiger partial charge in [0.05, 0.1) is 6.04 Å². The Hall–Kier alpha value is -2.62. The molecule has 0 spiro atoms. The van der Waals surface area contributed by atoms with Crippen molar-refractivity contribution in [3.05, 3.63) is 66.2 Å². The summed E-state index contributed by atoms with van der Waals surface area (Å²) in [5.41, 5.74) is 2.06. The van der Waals surface area contributed by atoms with Crippen molar-refractivity contribution in [1.82, 2.24) is 5.32 Å². The highest BCUT2D eigenvalue weighted by Crippen LogP contribution is 2.32. The molecule has 1 aliphatic carbocycles. The van der Waals surface area contributed by atoms with Crippen molar-refractivity contribution in [3.63, 3.8) is 0 Å². The first-order valence-electron chi connectivity index (χ1n) is 10.3. The van der Waals surface area contributed by atoms with Crippen LogP contribution in [-0.2, 0) is 9.59 Å². The van der Waals surface area contributed by atoms with Gasteiger partial charge >= 0.3 is 0 Å². The van der Waals surface area contributed by atoms with Crippen LogP contribution >= 0.6 is 0 Å². The molecule has 2 aromatic rings. The quantitative estimate of drug-likeness (QED) is 0.790. The third-order valence-electron chi connectivity index (χ3n) is 5.76. The van der Waals surface area contributed by atoms with Crippen LogP contribution in [0.15, 0.2) is 60.7 Å². The summed E-state index contributed by atoms with van der Waals surface area (Å²) in [4.78, 5) is 27.5. The summed E-state index contributed by atoms with van der Waals surface area (Å²) >= 11 is 0. The molecule has 0 aromatic heterocycles. The van der Waals surface area contributed by atoms with Gasteiger partial charge in [0, 0.05) is 24.1 Å². The fourth-order valence-corrected chi connectivity index (χ4v) is 4.05. The van der Waals surface area contributed by atoms with E-state index in [1.54, 1.807) is 0 Å². The molecule has 4 nitrogen and oxygen atoms in total. The number of nitrogens with zero attached hydrogens (tertiary/aromatic N) is 1. The van der Waals surface area contributed by atoms with Gasteiger partial charge in [0.15, 0.2) is 0 Å². The number of hydrogen-bond acceptors (Lipinski definition) is 2. The number of hydrogen-bond donors (Lipinski definition) is 1. The Bertz CT molecular complexity index is 768. The van der Waals surface area contributed by atoms with Crippen LogP contribution in [0.1, 0.15) is 51.1 Å². The lowest BCUT2D eigenvalue weighted by molar-refractivity contribution is -0.129. The largest absolute Gasteiger partial charge is 0.349 e. The maximum Gasteiger partial charge on any atom is 0.230 e. The monoisotopic (exact) mass is 378 g/mol. The minimum Gasteiger partial charge on any atom is -0.349 e. The van der Waals surface area contributed by atoms with E-state index in [1.165, 1.54) is 0 Å². The Morgan fingerprint density at radius 2 is 1.46 bits per heavy atom. The zero-order valence-electron chi connectivity index (χ0n) is 16.8. The van der Waals surface area contributed by atoms with Gasteiger partial charge in [0.2, 0.25) is 11.8 Å². The molecule has 2 aromatic carbocycles. The highest BCUT2D eigenvalue weighted by molar-refractivity contribution is 5.95. The normalized spacial score (nSPS) is 20.2. The third-order valence-corrected chi connectivity index (χ3v) is 5.76. The molecule has 1 saturated carbocycles. The van der Waals surface area contributed by atoms with Gasteiger partial charge in [-0.3, -0.25) is 9.59 Å². The van der Waals surface area contributed by atoms with Crippen LogP contribution in [0.2, 0.25) is 0 Å². The fourth-order valence-electron chi connectivity index (χ4n) is 4.05. The van der Waals surface area contributed by atoms with Crippen LogP contribution in [0.4, 0.5) is 5.69 Å². The number of amides is 2. The molecule has 1 unspecified atom stereocenters. The van der Waals surface area contributed by atoms with Crippen LogP contribution in [0, 0.1) is 11.8 Å². The molecule has 3 rings (SSSR count). The molecule has 0 radical (unpaired) electrons. The Balaban J connectivity index is 1.53. The van der Waals surface area contributed by atoms with Gasteiger partial charge in [0.25, 0.3) is 0 Å². The smallest absolute Gasteiger partial charge is 0.230 e. The number of anilines is 1. The van der Waals surface area contributed by atoms with Crippen molar-refractivity contribution in [2.45, 2.75) is 45.6 Å². The van der Waals surface area contributed by atoms with E-state index in [-0.39, 0.29) is 29.7 Å². The second-order valence-corrected chi connectivity index (χ2v) is 7.61. The number of rotatable bonds is 6. The first-order chi connectivity index (χ1) is 13.6. The van der Waals surface area contributed by atoms with Crippen LogP contribution in [-0.4, -0.2) is 18.4 Å². The number of benzene rings is 2. The van der Waals surface area contributed by atoms with Crippen molar-refractivity contribution >= 4 is 17.5 Å². The van der Waals surface area contributed by atoms with Crippen LogP contribution in [0.5, 0.6) is 0 Å². The van der Waals surface area contributed by atoms with E-state index in [4.69, 9.17) is 0 Å². The van der Waals surface area contributed by atoms with Gasteiger partial charge in [-0.1, -0.05) is 48.5 Å². The summed E-state index contributed by atoms with van der Waals surface area (Å²) in [5, 5.41) is 3.14. The molecule has 1 N–H and O–H groups in total. The summed E-state index contributed by atoms with van der Waals surface area (Å²) in [6.07, 6.45) is 3.10. The van der Waals surface area contributed by atoms with Crippen molar-refractivity contribution in [1.29, 1.82) is 0 Å². The maximum atomic E-state index is 13.0. The van der Waals surface area contributed by atoms with Gasteiger partial charge in [-0.25, -0.2) is 0 Å². The van der Waals surface area contributed by atoms with Crippen molar-refractivity contribution in [2.24, 2.45) is 11.8 Å². The van der Waals surface area contributed by atoms with E-state index in [0.29, 0.717) is 6.54 Å². The Kier molecular flexibility index (Phi) is 6.85. The van der Waals surface area contributed by atoms with E-state index < -0.39 is 0 Å². The highest BCUT2D eigenvalue weighted by Gasteiger charge is 2.32. The zero-order valence-corrected chi connectivity index (χ0v) is 16.8. The van der Waals surface area contributed by atoms with E-state index in [0.717, 1.165) is 36.9 Å². The average Bonchev–Trinajstić information content (AvgIpc) is 2.75. The van der Waals surface area contributed by atoms with Crippen molar-refractivity contribution < 1.29 is 9.59 Å². The standard InChI is InChI=1S/C24H30N2O2/c1-3-26(22-12-8-5-9-13-22)24(28)21-16-14-20(15-17-21)23(27)25-18(2)19-10-6-4-7-11-19/h4-13,18,20-21H,3,14-17H2,1-2H3,(H,25,27). The average molecular weight is 379 g/mol. The molecular weight excluding hydrogens is 348 g/mol. The van der Waals surface area contributed by atoms with Crippen LogP contribution in [0.3, 0.4) is 0 Å². The lowest BCUT2D eigenvalue weighted by atomic mass is 9.80. The minimum absolute atomic E-state index is 0.00159. The molecule has 0 bridgehead atoms. The molecule has 4 heteroatoms. The minimum atomic E-state index is 0.00159. The number of carbonyl (C=O) groups excluding carboxylic acids is 2. The SMILES string of the molecule is CCN(C(=O)C1CCC(C(=O)NC(C)c2ccccc2)CC1)c1ccccc1. The van der Waals surface area contributed by atoms with Crippen molar-refractivity contribution in [2.75, 3.05) is 11.4 Å². The lowest BCUT2D eigenvalue weighted by Crippen LogP contribution is -2.40. The molecule has 2 amide bonds. The lowest BCUT2D eigenvalue weighted by Gasteiger charge is -2.31. The second-order valence-electron chi connectivity index (χ2n) is 7.61. The summed E-state index contributed by atoms with van der Waals surface area (Å²) in [5.74, 6) is 0.306. The van der Waals surface area contributed by atoms with Crippen LogP contribution in [0.25, 0.3) is 0 Å². The van der Waals surface area contributed by atoms with E-state index in [1.807, 2.05) is 79.4 Å². The molecule has 28 heavy (non-hydrogen) atoms. The van der Waals surface area contributed by atoms with Crippen molar-refractivity contribution in [3.8, 4) is 0 Å². The molecule has 1 atom stereocenters. The number of carbonyl (C=O) groups is 2. The second kappa shape index (κ2) is 9.54. The van der Waals surface area contributed by atoms with E-state index in [2.05, 4.69) is 5.32 Å². The Morgan fingerprint density at radius 1 is 0.929 bits per heavy atom. The number of para-hydroxylation sites is 1. The summed E-state index contributed by atoms with van der Waals surface area (Å²) in [6.45, 7) is 4.69. The number of nitrogens with one attached hydrogen (secondary N) is 1. The van der Waals surface area contributed by atoms with Gasteiger partial charge in [0.1, 0.15) is 0 Å².